The first-order chi connectivity index (χ1) is 12.0. The number of carboxylic acids is 1. The molecular weight excluding hydrogens is 354 g/mol. The molecule has 1 N–H and O–H groups in total. The zero-order valence-electron chi connectivity index (χ0n) is 12.6. The lowest BCUT2D eigenvalue weighted by Gasteiger charge is -2.12. The second kappa shape index (κ2) is 6.90. The van der Waals surface area contributed by atoms with Gasteiger partial charge in [0, 0.05) is 5.56 Å². The summed E-state index contributed by atoms with van der Waals surface area (Å²) in [5, 5.41) is 9.48. The molecule has 8 heteroatoms. The third-order valence-corrected chi connectivity index (χ3v) is 3.79. The highest BCUT2D eigenvalue weighted by Crippen LogP contribution is 2.24. The molecule has 1 aromatic heterocycles. The molecule has 0 spiro atoms. The van der Waals surface area contributed by atoms with Crippen LogP contribution in [0.25, 0.3) is 5.69 Å². The molecule has 25 heavy (non-hydrogen) atoms. The van der Waals surface area contributed by atoms with Gasteiger partial charge in [0.1, 0.15) is 18.2 Å². The maximum Gasteiger partial charge on any atom is 0.354 e. The van der Waals surface area contributed by atoms with E-state index in [-0.39, 0.29) is 28.9 Å². The Bertz CT molecular complexity index is 906. The second-order valence-corrected chi connectivity index (χ2v) is 5.44. The van der Waals surface area contributed by atoms with Crippen LogP contribution < -0.4 is 4.74 Å². The fourth-order valence-electron chi connectivity index (χ4n) is 2.23. The van der Waals surface area contributed by atoms with Crippen LogP contribution in [0, 0.1) is 11.6 Å². The Morgan fingerprint density at radius 3 is 2.56 bits per heavy atom. The molecule has 0 aliphatic heterocycles. The van der Waals surface area contributed by atoms with Crippen molar-refractivity contribution in [1.29, 1.82) is 0 Å². The summed E-state index contributed by atoms with van der Waals surface area (Å²) < 4.78 is 33.6. The van der Waals surface area contributed by atoms with Gasteiger partial charge in [-0.1, -0.05) is 17.7 Å². The van der Waals surface area contributed by atoms with Crippen LogP contribution in [0.1, 0.15) is 16.1 Å². The Morgan fingerprint density at radius 1 is 1.20 bits per heavy atom. The average molecular weight is 365 g/mol. The number of nitrogens with zero attached hydrogens (tertiary/aromatic N) is 2. The van der Waals surface area contributed by atoms with Gasteiger partial charge in [0.05, 0.1) is 16.9 Å². The molecule has 0 radical (unpaired) electrons. The zero-order chi connectivity index (χ0) is 18.0. The van der Waals surface area contributed by atoms with Crippen LogP contribution in [0.3, 0.4) is 0 Å². The van der Waals surface area contributed by atoms with E-state index in [1.165, 1.54) is 47.0 Å². The van der Waals surface area contributed by atoms with E-state index in [2.05, 4.69) is 4.98 Å². The topological polar surface area (TPSA) is 64.3 Å². The van der Waals surface area contributed by atoms with E-state index in [1.54, 1.807) is 0 Å². The lowest BCUT2D eigenvalue weighted by Crippen LogP contribution is -2.10. The molecule has 0 saturated carbocycles. The number of carbonyl (C=O) groups is 1. The molecule has 3 aromatic rings. The maximum absolute atomic E-state index is 13.8. The highest BCUT2D eigenvalue weighted by atomic mass is 35.5. The number of halogens is 3. The Balaban J connectivity index is 1.97. The van der Waals surface area contributed by atoms with Gasteiger partial charge in [0.15, 0.2) is 5.69 Å². The molecule has 0 aliphatic rings. The highest BCUT2D eigenvalue weighted by Gasteiger charge is 2.19. The smallest absolute Gasteiger partial charge is 0.354 e. The van der Waals surface area contributed by atoms with Crippen LogP contribution in [0.2, 0.25) is 5.02 Å². The van der Waals surface area contributed by atoms with Crippen molar-refractivity contribution in [1.82, 2.24) is 9.55 Å². The summed E-state index contributed by atoms with van der Waals surface area (Å²) >= 11 is 5.94. The minimum Gasteiger partial charge on any atom is -0.477 e. The fourth-order valence-corrected chi connectivity index (χ4v) is 2.45. The molecule has 128 valence electrons. The van der Waals surface area contributed by atoms with E-state index in [1.807, 2.05) is 0 Å². The molecule has 0 bridgehead atoms. The maximum atomic E-state index is 13.8. The first-order valence-electron chi connectivity index (χ1n) is 7.10. The van der Waals surface area contributed by atoms with Gasteiger partial charge < -0.3 is 9.84 Å². The molecule has 1 heterocycles. The van der Waals surface area contributed by atoms with Gasteiger partial charge in [-0.2, -0.15) is 0 Å². The molecule has 0 fully saturated rings. The number of imidazole rings is 1. The fraction of sp³-hybridized carbons (Fsp3) is 0.0588. The quantitative estimate of drug-likeness (QED) is 0.741. The van der Waals surface area contributed by atoms with Crippen LogP contribution in [0.5, 0.6) is 6.01 Å². The van der Waals surface area contributed by atoms with E-state index in [4.69, 9.17) is 16.3 Å². The second-order valence-electron chi connectivity index (χ2n) is 5.03. The van der Waals surface area contributed by atoms with Crippen molar-refractivity contribution >= 4 is 17.6 Å². The number of rotatable bonds is 5. The largest absolute Gasteiger partial charge is 0.477 e. The van der Waals surface area contributed by atoms with E-state index < -0.39 is 17.6 Å². The van der Waals surface area contributed by atoms with Crippen LogP contribution in [-0.4, -0.2) is 20.6 Å². The molecule has 0 atom stereocenters. The number of hydrogen-bond donors (Lipinski definition) is 1. The number of aromatic carboxylic acids is 1. The molecule has 0 saturated heterocycles. The van der Waals surface area contributed by atoms with Crippen molar-refractivity contribution in [2.75, 3.05) is 0 Å². The van der Waals surface area contributed by atoms with Crippen molar-refractivity contribution in [3.63, 3.8) is 0 Å². The van der Waals surface area contributed by atoms with Gasteiger partial charge in [0.25, 0.3) is 0 Å². The van der Waals surface area contributed by atoms with Gasteiger partial charge in [-0.15, -0.1) is 0 Å². The molecular formula is C17H11ClF2N2O3. The van der Waals surface area contributed by atoms with E-state index >= 15 is 0 Å². The van der Waals surface area contributed by atoms with E-state index in [9.17, 15) is 18.7 Å². The molecule has 2 aromatic carbocycles. The number of carboxylic acid groups (broad SMARTS) is 1. The SMILES string of the molecule is O=C(O)c1cnc(OCc2c(F)cccc2Cl)n1-c1ccc(F)cc1. The standard InChI is InChI=1S/C17H11ClF2N2O3/c18-13-2-1-3-14(20)12(13)9-25-17-21-8-15(16(23)24)22(17)11-6-4-10(19)5-7-11/h1-8H,9H2,(H,23,24). The lowest BCUT2D eigenvalue weighted by molar-refractivity contribution is 0.0687. The summed E-state index contributed by atoms with van der Waals surface area (Å²) in [5.74, 6) is -2.26. The summed E-state index contributed by atoms with van der Waals surface area (Å²) in [6, 6.07) is 9.25. The Morgan fingerprint density at radius 2 is 1.92 bits per heavy atom. The van der Waals surface area contributed by atoms with Crippen LogP contribution >= 0.6 is 11.6 Å². The molecule has 0 amide bonds. The van der Waals surface area contributed by atoms with E-state index in [0.29, 0.717) is 5.69 Å². The molecule has 0 unspecified atom stereocenters. The number of aromatic nitrogens is 2. The summed E-state index contributed by atoms with van der Waals surface area (Å²) in [6.45, 7) is -0.247. The van der Waals surface area contributed by atoms with Gasteiger partial charge in [-0.25, -0.2) is 18.6 Å². The van der Waals surface area contributed by atoms with Crippen molar-refractivity contribution in [2.45, 2.75) is 6.61 Å². The lowest BCUT2D eigenvalue weighted by atomic mass is 10.2. The van der Waals surface area contributed by atoms with E-state index in [0.717, 1.165) is 6.20 Å². The number of benzene rings is 2. The van der Waals surface area contributed by atoms with Crippen molar-refractivity contribution in [3.05, 3.63) is 76.6 Å². The number of hydrogen-bond acceptors (Lipinski definition) is 3. The third kappa shape index (κ3) is 3.46. The third-order valence-electron chi connectivity index (χ3n) is 3.44. The van der Waals surface area contributed by atoms with Crippen molar-refractivity contribution < 1.29 is 23.4 Å². The molecule has 3 rings (SSSR count). The molecule has 5 nitrogen and oxygen atoms in total. The first kappa shape index (κ1) is 16.9. The van der Waals surface area contributed by atoms with Crippen molar-refractivity contribution in [3.8, 4) is 11.7 Å². The molecule has 0 aliphatic carbocycles. The minimum absolute atomic E-state index is 0.0803. The monoisotopic (exact) mass is 364 g/mol. The van der Waals surface area contributed by atoms with Crippen molar-refractivity contribution in [2.24, 2.45) is 0 Å². The summed E-state index contributed by atoms with van der Waals surface area (Å²) in [5.41, 5.74) is 0.280. The van der Waals surface area contributed by atoms with Crippen LogP contribution in [0.15, 0.2) is 48.7 Å². The predicted molar refractivity (Wildman–Crippen MR) is 86.2 cm³/mol. The minimum atomic E-state index is -1.24. The Kier molecular flexibility index (Phi) is 4.67. The summed E-state index contributed by atoms with van der Waals surface area (Å²) in [6.07, 6.45) is 1.10. The summed E-state index contributed by atoms with van der Waals surface area (Å²) in [7, 11) is 0. The van der Waals surface area contributed by atoms with Crippen LogP contribution in [0.4, 0.5) is 8.78 Å². The first-order valence-corrected chi connectivity index (χ1v) is 7.48. The summed E-state index contributed by atoms with van der Waals surface area (Å²) in [4.78, 5) is 15.3. The number of ether oxygens (including phenoxy) is 1. The normalized spacial score (nSPS) is 10.7. The predicted octanol–water partition coefficient (Wildman–Crippen LogP) is 4.08. The van der Waals surface area contributed by atoms with Gasteiger partial charge in [-0.05, 0) is 36.4 Å². The van der Waals surface area contributed by atoms with Crippen LogP contribution in [-0.2, 0) is 6.61 Å². The zero-order valence-corrected chi connectivity index (χ0v) is 13.4. The Hall–Kier alpha value is -2.93. The van der Waals surface area contributed by atoms with Gasteiger partial charge in [-0.3, -0.25) is 4.57 Å². The Labute approximate surface area is 146 Å². The highest BCUT2D eigenvalue weighted by molar-refractivity contribution is 6.31. The average Bonchev–Trinajstić information content (AvgIpc) is 2.99. The van der Waals surface area contributed by atoms with Gasteiger partial charge in [0.2, 0.25) is 0 Å². The van der Waals surface area contributed by atoms with Gasteiger partial charge >= 0.3 is 12.0 Å².